The van der Waals surface area contributed by atoms with Gasteiger partial charge in [0.1, 0.15) is 5.88 Å². The first-order valence-electron chi connectivity index (χ1n) is 3.34. The average molecular weight is 296 g/mol. The minimum atomic E-state index is -0.180. The van der Waals surface area contributed by atoms with Crippen molar-refractivity contribution in [2.45, 2.75) is 0 Å². The summed E-state index contributed by atoms with van der Waals surface area (Å²) in [6, 6.07) is 7.54. The normalized spacial score (nSPS) is 9.50. The maximum atomic E-state index is 10.9. The zero-order valence-corrected chi connectivity index (χ0v) is 9.09. The second-order valence-corrected chi connectivity index (χ2v) is 3.59. The fraction of sp³-hybridized carbons (Fsp3) is 0.125. The zero-order valence-electron chi connectivity index (χ0n) is 6.18. The van der Waals surface area contributed by atoms with E-state index >= 15 is 0 Å². The molecule has 1 amide bonds. The molecule has 0 saturated carbocycles. The molecule has 0 spiro atoms. The van der Waals surface area contributed by atoms with E-state index in [0.717, 1.165) is 9.26 Å². The first kappa shape index (κ1) is 9.80. The van der Waals surface area contributed by atoms with Crippen molar-refractivity contribution in [3.63, 3.8) is 0 Å². The monoisotopic (exact) mass is 295 g/mol. The second kappa shape index (κ2) is 4.67. The Balaban J connectivity index is 2.75. The summed E-state index contributed by atoms with van der Waals surface area (Å²) in [6.45, 7) is 0. The number of carbonyl (C=O) groups excluding carboxylic acids is 1. The van der Waals surface area contributed by atoms with Crippen LogP contribution in [0.5, 0.6) is 0 Å². The molecule has 0 bridgehead atoms. The third-order valence-corrected chi connectivity index (χ3v) is 2.45. The molecule has 0 atom stereocenters. The van der Waals surface area contributed by atoms with Gasteiger partial charge in [0, 0.05) is 3.57 Å². The van der Waals surface area contributed by atoms with Crippen molar-refractivity contribution in [3.05, 3.63) is 27.8 Å². The maximum Gasteiger partial charge on any atom is 0.239 e. The van der Waals surface area contributed by atoms with E-state index in [9.17, 15) is 4.79 Å². The smallest absolute Gasteiger partial charge is 0.239 e. The molecule has 0 aliphatic heterocycles. The van der Waals surface area contributed by atoms with E-state index in [1.54, 1.807) is 0 Å². The van der Waals surface area contributed by atoms with E-state index in [1.165, 1.54) is 0 Å². The maximum absolute atomic E-state index is 10.9. The van der Waals surface area contributed by atoms with Gasteiger partial charge in [0.15, 0.2) is 0 Å². The van der Waals surface area contributed by atoms with Crippen molar-refractivity contribution in [1.82, 2.24) is 0 Å². The molecule has 1 N–H and O–H groups in total. The predicted octanol–water partition coefficient (Wildman–Crippen LogP) is 2.47. The first-order valence-corrected chi connectivity index (χ1v) is 4.95. The minimum absolute atomic E-state index is 0.00895. The van der Waals surface area contributed by atoms with Crippen LogP contribution in [0.15, 0.2) is 24.3 Å². The Kier molecular flexibility index (Phi) is 3.81. The molecule has 64 valence electrons. The predicted molar refractivity (Wildman–Crippen MR) is 58.5 cm³/mol. The number of halogens is 2. The summed E-state index contributed by atoms with van der Waals surface area (Å²) in [5.74, 6) is -0.189. The number of hydrogen-bond donors (Lipinski definition) is 1. The lowest BCUT2D eigenvalue weighted by Gasteiger charge is -2.03. The van der Waals surface area contributed by atoms with E-state index < -0.39 is 0 Å². The van der Waals surface area contributed by atoms with E-state index in [0.29, 0.717) is 0 Å². The molecule has 0 unspecified atom stereocenters. The third kappa shape index (κ3) is 2.64. The van der Waals surface area contributed by atoms with Gasteiger partial charge in [-0.05, 0) is 34.7 Å². The fourth-order valence-corrected chi connectivity index (χ4v) is 1.34. The molecule has 0 heterocycles. The van der Waals surface area contributed by atoms with Gasteiger partial charge in [0.05, 0.1) is 5.69 Å². The Labute approximate surface area is 89.4 Å². The van der Waals surface area contributed by atoms with Crippen LogP contribution in [0.3, 0.4) is 0 Å². The van der Waals surface area contributed by atoms with Gasteiger partial charge in [-0.25, -0.2) is 0 Å². The quantitative estimate of drug-likeness (QED) is 0.659. The second-order valence-electron chi connectivity index (χ2n) is 2.16. The number of carbonyl (C=O) groups is 1. The number of rotatable bonds is 2. The number of alkyl halides is 1. The van der Waals surface area contributed by atoms with E-state index in [1.807, 2.05) is 24.3 Å². The van der Waals surface area contributed by atoms with E-state index in [-0.39, 0.29) is 11.8 Å². The van der Waals surface area contributed by atoms with Crippen LogP contribution in [0.25, 0.3) is 0 Å². The highest BCUT2D eigenvalue weighted by Crippen LogP contribution is 2.16. The zero-order chi connectivity index (χ0) is 8.97. The highest BCUT2D eigenvalue weighted by atomic mass is 127. The number of anilines is 1. The Morgan fingerprint density at radius 1 is 1.50 bits per heavy atom. The van der Waals surface area contributed by atoms with Crippen molar-refractivity contribution >= 4 is 45.8 Å². The van der Waals surface area contributed by atoms with Crippen LogP contribution in [-0.4, -0.2) is 11.8 Å². The van der Waals surface area contributed by atoms with Crippen molar-refractivity contribution in [2.75, 3.05) is 11.2 Å². The van der Waals surface area contributed by atoms with Gasteiger partial charge in [-0.15, -0.1) is 11.6 Å². The molecule has 0 aliphatic carbocycles. The Morgan fingerprint density at radius 2 is 2.17 bits per heavy atom. The number of benzene rings is 1. The third-order valence-electron chi connectivity index (χ3n) is 1.27. The van der Waals surface area contributed by atoms with Gasteiger partial charge >= 0.3 is 0 Å². The van der Waals surface area contributed by atoms with Gasteiger partial charge in [-0.2, -0.15) is 0 Å². The van der Waals surface area contributed by atoms with Crippen LogP contribution in [-0.2, 0) is 4.79 Å². The Hall–Kier alpha value is -0.290. The largest absolute Gasteiger partial charge is 0.324 e. The lowest BCUT2D eigenvalue weighted by Crippen LogP contribution is -2.13. The van der Waals surface area contributed by atoms with Gasteiger partial charge < -0.3 is 5.32 Å². The van der Waals surface area contributed by atoms with Crippen molar-refractivity contribution in [3.8, 4) is 0 Å². The van der Waals surface area contributed by atoms with Crippen LogP contribution < -0.4 is 5.32 Å². The molecule has 0 aliphatic rings. The summed E-state index contributed by atoms with van der Waals surface area (Å²) in [4.78, 5) is 10.9. The molecule has 0 radical (unpaired) electrons. The van der Waals surface area contributed by atoms with Crippen molar-refractivity contribution in [1.29, 1.82) is 0 Å². The summed E-state index contributed by atoms with van der Waals surface area (Å²) in [6.07, 6.45) is 0. The SMILES string of the molecule is O=C(CCl)Nc1ccccc1I. The standard InChI is InChI=1S/C8H7ClINO/c9-5-8(12)11-7-4-2-1-3-6(7)10/h1-4H,5H2,(H,11,12). The molecule has 12 heavy (non-hydrogen) atoms. The number of nitrogens with one attached hydrogen (secondary N) is 1. The highest BCUT2D eigenvalue weighted by molar-refractivity contribution is 14.1. The van der Waals surface area contributed by atoms with Gasteiger partial charge in [-0.3, -0.25) is 4.79 Å². The molecule has 2 nitrogen and oxygen atoms in total. The summed E-state index contributed by atoms with van der Waals surface area (Å²) in [5.41, 5.74) is 0.809. The Morgan fingerprint density at radius 3 is 2.75 bits per heavy atom. The minimum Gasteiger partial charge on any atom is -0.324 e. The highest BCUT2D eigenvalue weighted by Gasteiger charge is 2.01. The van der Waals surface area contributed by atoms with Crippen LogP contribution >= 0.6 is 34.2 Å². The average Bonchev–Trinajstić information content (AvgIpc) is 2.09. The topological polar surface area (TPSA) is 29.1 Å². The van der Waals surface area contributed by atoms with Crippen molar-refractivity contribution < 1.29 is 4.79 Å². The number of para-hydroxylation sites is 1. The number of amides is 1. The van der Waals surface area contributed by atoms with Crippen LogP contribution in [0.4, 0.5) is 5.69 Å². The summed E-state index contributed by atoms with van der Waals surface area (Å²) < 4.78 is 1.01. The summed E-state index contributed by atoms with van der Waals surface area (Å²) >= 11 is 7.49. The Bertz CT molecular complexity index is 290. The lowest BCUT2D eigenvalue weighted by atomic mass is 10.3. The molecule has 1 aromatic carbocycles. The van der Waals surface area contributed by atoms with E-state index in [2.05, 4.69) is 27.9 Å². The van der Waals surface area contributed by atoms with Gasteiger partial charge in [0.25, 0.3) is 0 Å². The molecule has 0 aromatic heterocycles. The lowest BCUT2D eigenvalue weighted by molar-refractivity contribution is -0.113. The molecular weight excluding hydrogens is 288 g/mol. The molecule has 1 rings (SSSR count). The molecular formula is C8H7ClINO. The number of hydrogen-bond acceptors (Lipinski definition) is 1. The molecule has 4 heteroatoms. The van der Waals surface area contributed by atoms with Gasteiger partial charge in [0.2, 0.25) is 5.91 Å². The van der Waals surface area contributed by atoms with Crippen molar-refractivity contribution in [2.24, 2.45) is 0 Å². The first-order chi connectivity index (χ1) is 5.74. The van der Waals surface area contributed by atoms with Crippen LogP contribution in [0.1, 0.15) is 0 Å². The van der Waals surface area contributed by atoms with Crippen LogP contribution in [0.2, 0.25) is 0 Å². The molecule has 0 fully saturated rings. The molecule has 0 saturated heterocycles. The van der Waals surface area contributed by atoms with Gasteiger partial charge in [-0.1, -0.05) is 12.1 Å². The van der Waals surface area contributed by atoms with Crippen LogP contribution in [0, 0.1) is 3.57 Å². The molecule has 1 aromatic rings. The summed E-state index contributed by atoms with van der Waals surface area (Å²) in [7, 11) is 0. The summed E-state index contributed by atoms with van der Waals surface area (Å²) in [5, 5.41) is 2.68. The van der Waals surface area contributed by atoms with E-state index in [4.69, 9.17) is 11.6 Å². The fourth-order valence-electron chi connectivity index (χ4n) is 0.746.